The van der Waals surface area contributed by atoms with Gasteiger partial charge >= 0.3 is 6.09 Å². The van der Waals surface area contributed by atoms with Crippen LogP contribution in [0.4, 0.5) is 4.79 Å². The molecule has 1 amide bonds. The second-order valence-corrected chi connectivity index (χ2v) is 8.78. The molecule has 2 atom stereocenters. The van der Waals surface area contributed by atoms with E-state index in [0.717, 1.165) is 24.7 Å². The molecule has 1 aliphatic carbocycles. The third kappa shape index (κ3) is 7.33. The highest BCUT2D eigenvalue weighted by molar-refractivity contribution is 7.85. The van der Waals surface area contributed by atoms with Gasteiger partial charge in [-0.25, -0.2) is 4.79 Å². The van der Waals surface area contributed by atoms with Gasteiger partial charge in [0.25, 0.3) is 10.1 Å². The summed E-state index contributed by atoms with van der Waals surface area (Å²) < 4.78 is 38.4. The first kappa shape index (κ1) is 22.1. The number of carbonyl (C=O) groups is 1. The second-order valence-electron chi connectivity index (χ2n) is 7.13. The Morgan fingerprint density at radius 3 is 2.40 bits per heavy atom. The number of amides is 1. The van der Waals surface area contributed by atoms with Crippen LogP contribution in [0.25, 0.3) is 0 Å². The monoisotopic (exact) mass is 435 g/mol. The van der Waals surface area contributed by atoms with E-state index in [4.69, 9.17) is 13.7 Å². The number of rotatable bonds is 10. The molecule has 0 aliphatic heterocycles. The van der Waals surface area contributed by atoms with Crippen LogP contribution in [0, 0.1) is 0 Å². The van der Waals surface area contributed by atoms with Gasteiger partial charge in [-0.1, -0.05) is 42.5 Å². The number of benzene rings is 2. The van der Waals surface area contributed by atoms with Crippen molar-refractivity contribution >= 4 is 16.2 Å². The minimum Gasteiger partial charge on any atom is -0.490 e. The minimum atomic E-state index is -3.76. The molecule has 0 spiro atoms. The maximum absolute atomic E-state index is 12.2. The smallest absolute Gasteiger partial charge is 0.407 e. The van der Waals surface area contributed by atoms with Gasteiger partial charge in [0.15, 0.2) is 0 Å². The van der Waals surface area contributed by atoms with Gasteiger partial charge in [-0.15, -0.1) is 0 Å². The standard InChI is InChI=1S/C21H25NO7S/c1-30(25,26)28-14-19(22-21(24)27-13-15-5-3-2-4-6-15)20(23)16-7-9-17(10-8-16)29-18-11-12-18/h2-10,18-20,23H,11-14H2,1H3,(H,22,24)/t19-,20-/m1/s1. The van der Waals surface area contributed by atoms with Crippen molar-refractivity contribution in [3.63, 3.8) is 0 Å². The Kier molecular flexibility index (Phi) is 7.30. The molecule has 0 aromatic heterocycles. The van der Waals surface area contributed by atoms with Gasteiger partial charge in [0.05, 0.1) is 25.0 Å². The first-order valence-corrected chi connectivity index (χ1v) is 11.4. The largest absolute Gasteiger partial charge is 0.490 e. The lowest BCUT2D eigenvalue weighted by Gasteiger charge is -2.24. The van der Waals surface area contributed by atoms with Crippen LogP contribution in [0.1, 0.15) is 30.1 Å². The number of carbonyl (C=O) groups excluding carboxylic acids is 1. The van der Waals surface area contributed by atoms with Crippen molar-refractivity contribution in [3.8, 4) is 5.75 Å². The maximum atomic E-state index is 12.2. The first-order valence-electron chi connectivity index (χ1n) is 9.56. The van der Waals surface area contributed by atoms with Crippen molar-refractivity contribution in [1.29, 1.82) is 0 Å². The van der Waals surface area contributed by atoms with E-state index in [2.05, 4.69) is 5.32 Å². The van der Waals surface area contributed by atoms with Gasteiger partial charge in [0, 0.05) is 0 Å². The highest BCUT2D eigenvalue weighted by Crippen LogP contribution is 2.28. The molecule has 8 nitrogen and oxygen atoms in total. The normalized spacial score (nSPS) is 15.8. The van der Waals surface area contributed by atoms with Crippen LogP contribution < -0.4 is 10.1 Å². The molecule has 1 aliphatic rings. The molecule has 0 radical (unpaired) electrons. The molecule has 2 aromatic rings. The SMILES string of the molecule is CS(=O)(=O)OC[C@@H](NC(=O)OCc1ccccc1)[C@H](O)c1ccc(OC2CC2)cc1. The van der Waals surface area contributed by atoms with E-state index in [1.54, 1.807) is 36.4 Å². The first-order chi connectivity index (χ1) is 14.3. The van der Waals surface area contributed by atoms with Gasteiger partial charge in [-0.05, 0) is 36.1 Å². The van der Waals surface area contributed by atoms with E-state index >= 15 is 0 Å². The Labute approximate surface area is 175 Å². The summed E-state index contributed by atoms with van der Waals surface area (Å²) in [5, 5.41) is 13.2. The van der Waals surface area contributed by atoms with Crippen LogP contribution in [-0.4, -0.2) is 44.6 Å². The summed E-state index contributed by atoms with van der Waals surface area (Å²) in [6.07, 6.45) is 1.19. The van der Waals surface area contributed by atoms with Gasteiger partial charge in [-0.2, -0.15) is 8.42 Å². The zero-order chi connectivity index (χ0) is 21.6. The Balaban J connectivity index is 1.63. The summed E-state index contributed by atoms with van der Waals surface area (Å²) in [7, 11) is -3.76. The molecule has 2 N–H and O–H groups in total. The predicted molar refractivity (Wildman–Crippen MR) is 109 cm³/mol. The molecule has 0 unspecified atom stereocenters. The Morgan fingerprint density at radius 2 is 1.80 bits per heavy atom. The van der Waals surface area contributed by atoms with E-state index in [1.807, 2.05) is 18.2 Å². The zero-order valence-electron chi connectivity index (χ0n) is 16.6. The van der Waals surface area contributed by atoms with Gasteiger partial charge < -0.3 is 19.9 Å². The third-order valence-electron chi connectivity index (χ3n) is 4.41. The van der Waals surface area contributed by atoms with Crippen LogP contribution in [0.15, 0.2) is 54.6 Å². The highest BCUT2D eigenvalue weighted by Gasteiger charge is 2.26. The number of nitrogens with one attached hydrogen (secondary N) is 1. The summed E-state index contributed by atoms with van der Waals surface area (Å²) in [4.78, 5) is 12.2. The number of hydrogen-bond acceptors (Lipinski definition) is 7. The summed E-state index contributed by atoms with van der Waals surface area (Å²) >= 11 is 0. The van der Waals surface area contributed by atoms with Gasteiger partial charge in [-0.3, -0.25) is 4.18 Å². The van der Waals surface area contributed by atoms with Gasteiger partial charge in [0.1, 0.15) is 18.5 Å². The van der Waals surface area contributed by atoms with Crippen molar-refractivity contribution in [2.75, 3.05) is 12.9 Å². The lowest BCUT2D eigenvalue weighted by atomic mass is 10.0. The number of alkyl carbamates (subject to hydrolysis) is 1. The predicted octanol–water partition coefficient (Wildman–Crippen LogP) is 2.53. The van der Waals surface area contributed by atoms with Crippen LogP contribution in [-0.2, 0) is 25.6 Å². The number of aliphatic hydroxyl groups excluding tert-OH is 1. The van der Waals surface area contributed by atoms with Crippen LogP contribution in [0.2, 0.25) is 0 Å². The fraction of sp³-hybridized carbons (Fsp3) is 0.381. The number of ether oxygens (including phenoxy) is 2. The Morgan fingerprint density at radius 1 is 1.13 bits per heavy atom. The van der Waals surface area contributed by atoms with Gasteiger partial charge in [0.2, 0.25) is 0 Å². The van der Waals surface area contributed by atoms with Crippen molar-refractivity contribution < 1.29 is 32.0 Å². The van der Waals surface area contributed by atoms with Crippen molar-refractivity contribution in [1.82, 2.24) is 5.32 Å². The van der Waals surface area contributed by atoms with E-state index in [-0.39, 0.29) is 12.7 Å². The topological polar surface area (TPSA) is 111 Å². The van der Waals surface area contributed by atoms with Crippen molar-refractivity contribution in [2.45, 2.75) is 37.7 Å². The van der Waals surface area contributed by atoms with Crippen LogP contribution >= 0.6 is 0 Å². The summed E-state index contributed by atoms with van der Waals surface area (Å²) in [6, 6.07) is 14.8. The molecule has 2 aromatic carbocycles. The molecule has 0 bridgehead atoms. The number of aliphatic hydroxyl groups is 1. The zero-order valence-corrected chi connectivity index (χ0v) is 17.4. The number of hydrogen-bond donors (Lipinski definition) is 2. The summed E-state index contributed by atoms with van der Waals surface area (Å²) in [5.41, 5.74) is 1.27. The van der Waals surface area contributed by atoms with Crippen molar-refractivity contribution in [3.05, 3.63) is 65.7 Å². The molecule has 1 fully saturated rings. The quantitative estimate of drug-likeness (QED) is 0.552. The lowest BCUT2D eigenvalue weighted by Crippen LogP contribution is -2.43. The molecule has 162 valence electrons. The molecular weight excluding hydrogens is 410 g/mol. The summed E-state index contributed by atoms with van der Waals surface area (Å²) in [5.74, 6) is 0.688. The van der Waals surface area contributed by atoms with E-state index in [9.17, 15) is 18.3 Å². The fourth-order valence-electron chi connectivity index (χ4n) is 2.68. The van der Waals surface area contributed by atoms with E-state index < -0.39 is 35.0 Å². The van der Waals surface area contributed by atoms with Crippen LogP contribution in [0.5, 0.6) is 5.75 Å². The third-order valence-corrected chi connectivity index (χ3v) is 4.97. The molecule has 30 heavy (non-hydrogen) atoms. The average Bonchev–Trinajstić information content (AvgIpc) is 3.54. The lowest BCUT2D eigenvalue weighted by molar-refractivity contribution is 0.0828. The average molecular weight is 435 g/mol. The Hall–Kier alpha value is -2.62. The molecule has 3 rings (SSSR count). The maximum Gasteiger partial charge on any atom is 0.407 e. The Bertz CT molecular complexity index is 928. The minimum absolute atomic E-state index is 0.0373. The second kappa shape index (κ2) is 9.92. The molecule has 0 heterocycles. The molecule has 9 heteroatoms. The van der Waals surface area contributed by atoms with Crippen LogP contribution in [0.3, 0.4) is 0 Å². The molecular formula is C21H25NO7S. The fourth-order valence-corrected chi connectivity index (χ4v) is 3.07. The molecule has 0 saturated heterocycles. The highest BCUT2D eigenvalue weighted by atomic mass is 32.2. The van der Waals surface area contributed by atoms with Crippen molar-refractivity contribution in [2.24, 2.45) is 0 Å². The van der Waals surface area contributed by atoms with E-state index in [1.165, 1.54) is 0 Å². The summed E-state index contributed by atoms with van der Waals surface area (Å²) in [6.45, 7) is -0.406. The van der Waals surface area contributed by atoms with E-state index in [0.29, 0.717) is 11.3 Å². The molecule has 1 saturated carbocycles.